The number of rotatable bonds is 7. The molecule has 0 radical (unpaired) electrons. The fourth-order valence-corrected chi connectivity index (χ4v) is 8.10. The van der Waals surface area contributed by atoms with Crippen molar-refractivity contribution in [2.45, 2.75) is 83.4 Å². The van der Waals surface area contributed by atoms with Crippen molar-refractivity contribution in [2.24, 2.45) is 11.8 Å². The second kappa shape index (κ2) is 15.2. The van der Waals surface area contributed by atoms with Gasteiger partial charge in [-0.2, -0.15) is 0 Å². The second-order valence-electron chi connectivity index (χ2n) is 13.5. The molecule has 3 aliphatic heterocycles. The lowest BCUT2D eigenvalue weighted by atomic mass is 9.79. The van der Waals surface area contributed by atoms with Gasteiger partial charge >= 0.3 is 0 Å². The minimum atomic E-state index is -2.64. The van der Waals surface area contributed by atoms with Crippen LogP contribution in [0.3, 0.4) is 0 Å². The minimum Gasteiger partial charge on any atom is -0.489 e. The van der Waals surface area contributed by atoms with Gasteiger partial charge in [0, 0.05) is 30.4 Å². The maximum atomic E-state index is 16.3. The summed E-state index contributed by atoms with van der Waals surface area (Å²) >= 11 is 0. The molecule has 2 saturated heterocycles. The van der Waals surface area contributed by atoms with Crippen molar-refractivity contribution in [1.29, 1.82) is 0 Å². The molecule has 4 atom stereocenters. The van der Waals surface area contributed by atoms with E-state index in [2.05, 4.69) is 10.2 Å². The molecule has 248 valence electrons. The molecule has 3 aliphatic rings. The lowest BCUT2D eigenvalue weighted by Crippen LogP contribution is -2.45. The minimum absolute atomic E-state index is 0.162. The number of nitrogens with one attached hydrogen (secondary N) is 1. The molecule has 0 amide bonds. The lowest BCUT2D eigenvalue weighted by Gasteiger charge is -2.42. The maximum absolute atomic E-state index is 16.3. The first kappa shape index (κ1) is 32.8. The van der Waals surface area contributed by atoms with Crippen molar-refractivity contribution in [2.75, 3.05) is 37.6 Å². The lowest BCUT2D eigenvalue weighted by molar-refractivity contribution is 0.0444. The Balaban J connectivity index is 1.26. The van der Waals surface area contributed by atoms with E-state index in [9.17, 15) is 8.78 Å². The van der Waals surface area contributed by atoms with Crippen molar-refractivity contribution >= 4 is 5.69 Å². The molecule has 0 bridgehead atoms. The number of ether oxygens (including phenoxy) is 1. The molecule has 2 fully saturated rings. The summed E-state index contributed by atoms with van der Waals surface area (Å²) < 4.78 is 66.3. The van der Waals surface area contributed by atoms with Crippen LogP contribution in [0.2, 0.25) is 0 Å². The smallest absolute Gasteiger partial charge is 0.251 e. The molecule has 3 aromatic carbocycles. The predicted molar refractivity (Wildman–Crippen MR) is 176 cm³/mol. The highest BCUT2D eigenvalue weighted by Gasteiger charge is 2.38. The average Bonchev–Trinajstić information content (AvgIpc) is 3.11. The molecule has 6 rings (SSSR count). The quantitative estimate of drug-likeness (QED) is 0.263. The largest absolute Gasteiger partial charge is 0.489 e. The SMILES string of the molecule is C[C@@H]1Cc2cc(OCc3ccccc3)ccc2C(c2c(F)cc(N3CCCC4CCCNCCC4CCC3)cc2F)N1CC(F)F. The van der Waals surface area contributed by atoms with Gasteiger partial charge in [0.05, 0.1) is 12.6 Å². The van der Waals surface area contributed by atoms with E-state index in [1.165, 1.54) is 31.4 Å². The fourth-order valence-electron chi connectivity index (χ4n) is 8.10. The number of nitrogens with zero attached hydrogens (tertiary/aromatic N) is 2. The summed E-state index contributed by atoms with van der Waals surface area (Å²) in [5, 5.41) is 3.54. The number of fused-ring (bicyclic) bond motifs is 2. The molecular formula is C38H47F4N3O. The van der Waals surface area contributed by atoms with Gasteiger partial charge in [0.15, 0.2) is 0 Å². The summed E-state index contributed by atoms with van der Waals surface area (Å²) in [5.41, 5.74) is 2.90. The maximum Gasteiger partial charge on any atom is 0.251 e. The van der Waals surface area contributed by atoms with Crippen LogP contribution in [0.25, 0.3) is 0 Å². The summed E-state index contributed by atoms with van der Waals surface area (Å²) in [6.45, 7) is 5.32. The fraction of sp³-hybridized carbons (Fsp3) is 0.526. The van der Waals surface area contributed by atoms with E-state index < -0.39 is 30.6 Å². The number of benzene rings is 3. The molecule has 4 nitrogen and oxygen atoms in total. The molecule has 46 heavy (non-hydrogen) atoms. The predicted octanol–water partition coefficient (Wildman–Crippen LogP) is 8.53. The first-order chi connectivity index (χ1) is 22.4. The Morgan fingerprint density at radius 3 is 2.26 bits per heavy atom. The standard InChI is InChI=1S/C38H47F4N3O/c1-26-20-30-21-32(46-25-27-8-3-2-4-9-27)13-14-33(30)38(45(26)24-36(41)42)37-34(39)22-31(23-35(37)40)44-18-6-11-28-10-5-16-43-17-15-29(28)12-7-19-44/h2-4,8-9,13-14,21-23,26,28-29,36,38,43H,5-7,10-12,15-20,24-25H2,1H3/t26-,28?,29?,38?/m1/s1. The first-order valence-electron chi connectivity index (χ1n) is 17.2. The van der Waals surface area contributed by atoms with E-state index >= 15 is 8.78 Å². The zero-order chi connectivity index (χ0) is 32.0. The van der Waals surface area contributed by atoms with Crippen molar-refractivity contribution < 1.29 is 22.3 Å². The van der Waals surface area contributed by atoms with Crippen LogP contribution in [-0.4, -0.2) is 50.1 Å². The Labute approximate surface area is 271 Å². The van der Waals surface area contributed by atoms with Gasteiger partial charge in [-0.25, -0.2) is 17.6 Å². The van der Waals surface area contributed by atoms with E-state index in [0.717, 1.165) is 68.9 Å². The first-order valence-corrected chi connectivity index (χ1v) is 17.2. The number of alkyl halides is 2. The summed E-state index contributed by atoms with van der Waals surface area (Å²) in [6.07, 6.45) is 5.73. The molecule has 1 N–H and O–H groups in total. The normalized spacial score (nSPS) is 24.6. The van der Waals surface area contributed by atoms with Crippen LogP contribution in [0, 0.1) is 23.5 Å². The highest BCUT2D eigenvalue weighted by molar-refractivity contribution is 5.52. The molecule has 3 unspecified atom stereocenters. The van der Waals surface area contributed by atoms with E-state index in [0.29, 0.717) is 35.9 Å². The number of anilines is 1. The Morgan fingerprint density at radius 1 is 0.848 bits per heavy atom. The number of halogens is 4. The third kappa shape index (κ3) is 7.71. The van der Waals surface area contributed by atoms with Crippen molar-refractivity contribution in [3.05, 3.63) is 94.6 Å². The van der Waals surface area contributed by atoms with Gasteiger partial charge in [0.1, 0.15) is 24.0 Å². The summed E-state index contributed by atoms with van der Waals surface area (Å²) in [5.74, 6) is 0.688. The van der Waals surface area contributed by atoms with Crippen LogP contribution in [0.4, 0.5) is 23.2 Å². The summed E-state index contributed by atoms with van der Waals surface area (Å²) in [7, 11) is 0. The Hall–Kier alpha value is -3.10. The zero-order valence-electron chi connectivity index (χ0n) is 26.9. The van der Waals surface area contributed by atoms with Crippen LogP contribution < -0.4 is 15.0 Å². The summed E-state index contributed by atoms with van der Waals surface area (Å²) in [4.78, 5) is 3.68. The third-order valence-corrected chi connectivity index (χ3v) is 10.4. The highest BCUT2D eigenvalue weighted by atomic mass is 19.3. The van der Waals surface area contributed by atoms with Gasteiger partial charge < -0.3 is 15.0 Å². The zero-order valence-corrected chi connectivity index (χ0v) is 26.9. The van der Waals surface area contributed by atoms with Crippen LogP contribution in [0.15, 0.2) is 60.7 Å². The molecule has 3 heterocycles. The van der Waals surface area contributed by atoms with E-state index in [1.807, 2.05) is 43.3 Å². The highest BCUT2D eigenvalue weighted by Crippen LogP contribution is 2.42. The molecule has 0 aromatic heterocycles. The van der Waals surface area contributed by atoms with Crippen molar-refractivity contribution in [3.63, 3.8) is 0 Å². The van der Waals surface area contributed by atoms with Crippen LogP contribution in [0.5, 0.6) is 5.75 Å². The van der Waals surface area contributed by atoms with Crippen molar-refractivity contribution in [3.8, 4) is 5.75 Å². The molecule has 8 heteroatoms. The van der Waals surface area contributed by atoms with E-state index in [1.54, 1.807) is 17.0 Å². The molecule has 3 aromatic rings. The van der Waals surface area contributed by atoms with Gasteiger partial charge in [0.25, 0.3) is 6.43 Å². The van der Waals surface area contributed by atoms with Gasteiger partial charge in [-0.15, -0.1) is 0 Å². The number of hydrogen-bond donors (Lipinski definition) is 1. The van der Waals surface area contributed by atoms with Gasteiger partial charge in [-0.1, -0.05) is 36.4 Å². The van der Waals surface area contributed by atoms with Gasteiger partial charge in [0.2, 0.25) is 0 Å². The van der Waals surface area contributed by atoms with Gasteiger partial charge in [-0.05, 0) is 124 Å². The number of hydrogen-bond acceptors (Lipinski definition) is 4. The van der Waals surface area contributed by atoms with Crippen LogP contribution >= 0.6 is 0 Å². The Bertz CT molecular complexity index is 1390. The van der Waals surface area contributed by atoms with E-state index in [4.69, 9.17) is 4.74 Å². The topological polar surface area (TPSA) is 27.7 Å². The molecule has 0 saturated carbocycles. The van der Waals surface area contributed by atoms with E-state index in [-0.39, 0.29) is 11.6 Å². The average molecular weight is 638 g/mol. The Morgan fingerprint density at radius 2 is 1.54 bits per heavy atom. The van der Waals surface area contributed by atoms with Crippen LogP contribution in [0.1, 0.15) is 80.2 Å². The van der Waals surface area contributed by atoms with Gasteiger partial charge in [-0.3, -0.25) is 4.90 Å². The Kier molecular flexibility index (Phi) is 10.8. The second-order valence-corrected chi connectivity index (χ2v) is 13.5. The van der Waals surface area contributed by atoms with Crippen molar-refractivity contribution in [1.82, 2.24) is 10.2 Å². The third-order valence-electron chi connectivity index (χ3n) is 10.4. The molecule has 0 spiro atoms. The molecule has 0 aliphatic carbocycles. The van der Waals surface area contributed by atoms with Crippen LogP contribution in [-0.2, 0) is 13.0 Å². The molecular weight excluding hydrogens is 590 g/mol. The monoisotopic (exact) mass is 637 g/mol. The summed E-state index contributed by atoms with van der Waals surface area (Å²) in [6, 6.07) is 16.8.